The number of likely N-dealkylation sites (N-methyl/N-ethyl adjacent to an activating group) is 1. The van der Waals surface area contributed by atoms with E-state index in [1.807, 2.05) is 25.1 Å². The van der Waals surface area contributed by atoms with Crippen LogP contribution in [0.3, 0.4) is 0 Å². The van der Waals surface area contributed by atoms with Crippen LogP contribution in [0.15, 0.2) is 24.3 Å². The Morgan fingerprint density at radius 2 is 2.00 bits per heavy atom. The molecule has 0 spiro atoms. The van der Waals surface area contributed by atoms with Crippen LogP contribution in [0.5, 0.6) is 0 Å². The molecule has 0 amide bonds. The Kier molecular flexibility index (Phi) is 4.49. The first-order valence-corrected chi connectivity index (χ1v) is 4.95. The molecule has 0 atom stereocenters. The fourth-order valence-corrected chi connectivity index (χ4v) is 1.09. The van der Waals surface area contributed by atoms with Crippen molar-refractivity contribution >= 4 is 5.97 Å². The summed E-state index contributed by atoms with van der Waals surface area (Å²) in [5, 5.41) is 8.60. The maximum atomic E-state index is 11.5. The summed E-state index contributed by atoms with van der Waals surface area (Å²) in [6, 6.07) is 8.38. The Bertz CT molecular complexity index is 390. The molecule has 0 aliphatic carbocycles. The molecular weight excluding hydrogens is 204 g/mol. The summed E-state index contributed by atoms with van der Waals surface area (Å²) in [4.78, 5) is 13.4. The van der Waals surface area contributed by atoms with E-state index in [2.05, 4.69) is 0 Å². The fraction of sp³-hybridized carbons (Fsp3) is 0.333. The van der Waals surface area contributed by atoms with E-state index < -0.39 is 0 Å². The number of carbonyl (C=O) groups excluding carboxylic acids is 1. The summed E-state index contributed by atoms with van der Waals surface area (Å²) >= 11 is 0. The molecule has 0 aliphatic rings. The SMILES string of the molecule is CN(C)CCOC(=O)c1ccc(C#N)cc1. The Morgan fingerprint density at radius 3 is 2.50 bits per heavy atom. The molecule has 0 N–H and O–H groups in total. The summed E-state index contributed by atoms with van der Waals surface area (Å²) in [6.45, 7) is 1.06. The van der Waals surface area contributed by atoms with E-state index in [1.165, 1.54) is 0 Å². The highest BCUT2D eigenvalue weighted by Gasteiger charge is 2.06. The van der Waals surface area contributed by atoms with Crippen LogP contribution in [-0.2, 0) is 4.74 Å². The van der Waals surface area contributed by atoms with Gasteiger partial charge in [-0.2, -0.15) is 5.26 Å². The number of nitriles is 1. The monoisotopic (exact) mass is 218 g/mol. The van der Waals surface area contributed by atoms with E-state index in [4.69, 9.17) is 10.00 Å². The van der Waals surface area contributed by atoms with Crippen LogP contribution in [0.1, 0.15) is 15.9 Å². The topological polar surface area (TPSA) is 53.3 Å². The van der Waals surface area contributed by atoms with Gasteiger partial charge in [0.05, 0.1) is 17.2 Å². The van der Waals surface area contributed by atoms with Crippen molar-refractivity contribution in [2.24, 2.45) is 0 Å². The van der Waals surface area contributed by atoms with E-state index in [0.29, 0.717) is 24.3 Å². The van der Waals surface area contributed by atoms with Crippen LogP contribution in [0.2, 0.25) is 0 Å². The lowest BCUT2D eigenvalue weighted by Gasteiger charge is -2.09. The number of benzene rings is 1. The average Bonchev–Trinajstić information content (AvgIpc) is 2.28. The third kappa shape index (κ3) is 3.71. The smallest absolute Gasteiger partial charge is 0.338 e. The summed E-state index contributed by atoms with van der Waals surface area (Å²) < 4.78 is 5.05. The Balaban J connectivity index is 2.50. The van der Waals surface area contributed by atoms with Crippen LogP contribution < -0.4 is 0 Å². The third-order valence-electron chi connectivity index (χ3n) is 2.02. The predicted molar refractivity (Wildman–Crippen MR) is 60.0 cm³/mol. The summed E-state index contributed by atoms with van der Waals surface area (Å²) in [6.07, 6.45) is 0. The van der Waals surface area contributed by atoms with E-state index >= 15 is 0 Å². The zero-order chi connectivity index (χ0) is 12.0. The van der Waals surface area contributed by atoms with Crippen LogP contribution in [0, 0.1) is 11.3 Å². The van der Waals surface area contributed by atoms with Crippen molar-refractivity contribution < 1.29 is 9.53 Å². The highest BCUT2D eigenvalue weighted by Crippen LogP contribution is 2.04. The summed E-state index contributed by atoms with van der Waals surface area (Å²) in [7, 11) is 3.82. The van der Waals surface area contributed by atoms with Gasteiger partial charge in [-0.15, -0.1) is 0 Å². The van der Waals surface area contributed by atoms with Gasteiger partial charge in [0.1, 0.15) is 6.61 Å². The highest BCUT2D eigenvalue weighted by molar-refractivity contribution is 5.89. The van der Waals surface area contributed by atoms with Gasteiger partial charge in [0.15, 0.2) is 0 Å². The van der Waals surface area contributed by atoms with Gasteiger partial charge in [-0.25, -0.2) is 4.79 Å². The van der Waals surface area contributed by atoms with Gasteiger partial charge >= 0.3 is 5.97 Å². The molecule has 1 rings (SSSR count). The number of rotatable bonds is 4. The maximum absolute atomic E-state index is 11.5. The zero-order valence-electron chi connectivity index (χ0n) is 9.43. The number of carbonyl (C=O) groups is 1. The molecule has 0 radical (unpaired) electrons. The lowest BCUT2D eigenvalue weighted by atomic mass is 10.1. The zero-order valence-corrected chi connectivity index (χ0v) is 9.43. The van der Waals surface area contributed by atoms with Crippen molar-refractivity contribution in [2.75, 3.05) is 27.2 Å². The van der Waals surface area contributed by atoms with Crippen molar-refractivity contribution in [3.8, 4) is 6.07 Å². The minimum Gasteiger partial charge on any atom is -0.461 e. The molecule has 1 aromatic carbocycles. The number of esters is 1. The summed E-state index contributed by atoms with van der Waals surface area (Å²) in [5.41, 5.74) is 1.00. The molecule has 16 heavy (non-hydrogen) atoms. The van der Waals surface area contributed by atoms with Crippen molar-refractivity contribution in [3.05, 3.63) is 35.4 Å². The van der Waals surface area contributed by atoms with Gasteiger partial charge in [0, 0.05) is 6.54 Å². The average molecular weight is 218 g/mol. The van der Waals surface area contributed by atoms with Crippen LogP contribution >= 0.6 is 0 Å². The minimum absolute atomic E-state index is 0.355. The molecule has 0 saturated carbocycles. The van der Waals surface area contributed by atoms with Gasteiger partial charge in [-0.05, 0) is 38.4 Å². The second-order valence-corrected chi connectivity index (χ2v) is 3.63. The molecule has 4 nitrogen and oxygen atoms in total. The predicted octanol–water partition coefficient (Wildman–Crippen LogP) is 1.28. The molecule has 4 heteroatoms. The second kappa shape index (κ2) is 5.89. The molecule has 0 unspecified atom stereocenters. The standard InChI is InChI=1S/C12H14N2O2/c1-14(2)7-8-16-12(15)11-5-3-10(9-13)4-6-11/h3-6H,7-8H2,1-2H3. The van der Waals surface area contributed by atoms with Crippen molar-refractivity contribution in [2.45, 2.75) is 0 Å². The normalized spacial score (nSPS) is 9.88. The van der Waals surface area contributed by atoms with Crippen LogP contribution in [0.25, 0.3) is 0 Å². The third-order valence-corrected chi connectivity index (χ3v) is 2.02. The quantitative estimate of drug-likeness (QED) is 0.714. The van der Waals surface area contributed by atoms with Crippen molar-refractivity contribution in [3.63, 3.8) is 0 Å². The molecule has 84 valence electrons. The molecule has 0 aromatic heterocycles. The van der Waals surface area contributed by atoms with Gasteiger partial charge in [-0.3, -0.25) is 0 Å². The number of hydrogen-bond donors (Lipinski definition) is 0. The van der Waals surface area contributed by atoms with E-state index in [9.17, 15) is 4.79 Å². The second-order valence-electron chi connectivity index (χ2n) is 3.63. The lowest BCUT2D eigenvalue weighted by Crippen LogP contribution is -2.20. The number of hydrogen-bond acceptors (Lipinski definition) is 4. The first-order valence-electron chi connectivity index (χ1n) is 4.95. The Hall–Kier alpha value is -1.86. The van der Waals surface area contributed by atoms with Crippen LogP contribution in [0.4, 0.5) is 0 Å². The van der Waals surface area contributed by atoms with Crippen molar-refractivity contribution in [1.82, 2.24) is 4.90 Å². The highest BCUT2D eigenvalue weighted by atomic mass is 16.5. The Morgan fingerprint density at radius 1 is 1.38 bits per heavy atom. The van der Waals surface area contributed by atoms with E-state index in [1.54, 1.807) is 24.3 Å². The molecular formula is C12H14N2O2. The number of ether oxygens (including phenoxy) is 1. The van der Waals surface area contributed by atoms with Gasteiger partial charge < -0.3 is 9.64 Å². The Labute approximate surface area is 95.0 Å². The molecule has 0 aliphatic heterocycles. The van der Waals surface area contributed by atoms with E-state index in [0.717, 1.165) is 0 Å². The van der Waals surface area contributed by atoms with Gasteiger partial charge in [0.2, 0.25) is 0 Å². The first-order chi connectivity index (χ1) is 7.63. The first kappa shape index (κ1) is 12.2. The number of nitrogens with zero attached hydrogens (tertiary/aromatic N) is 2. The molecule has 0 saturated heterocycles. The van der Waals surface area contributed by atoms with Crippen LogP contribution in [-0.4, -0.2) is 38.1 Å². The molecule has 0 heterocycles. The largest absolute Gasteiger partial charge is 0.461 e. The maximum Gasteiger partial charge on any atom is 0.338 e. The van der Waals surface area contributed by atoms with E-state index in [-0.39, 0.29) is 5.97 Å². The fourth-order valence-electron chi connectivity index (χ4n) is 1.09. The minimum atomic E-state index is -0.355. The van der Waals surface area contributed by atoms with Gasteiger partial charge in [0.25, 0.3) is 0 Å². The molecule has 0 bridgehead atoms. The van der Waals surface area contributed by atoms with Gasteiger partial charge in [-0.1, -0.05) is 0 Å². The molecule has 0 fully saturated rings. The van der Waals surface area contributed by atoms with Crippen molar-refractivity contribution in [1.29, 1.82) is 5.26 Å². The molecule has 1 aromatic rings. The summed E-state index contributed by atoms with van der Waals surface area (Å²) in [5.74, 6) is -0.355. The lowest BCUT2D eigenvalue weighted by molar-refractivity contribution is 0.0482.